The molecule has 0 fully saturated rings. The van der Waals surface area contributed by atoms with E-state index < -0.39 is 0 Å². The molecule has 0 saturated carbocycles. The van der Waals surface area contributed by atoms with Crippen molar-refractivity contribution in [2.45, 2.75) is 60.3 Å². The molecule has 0 atom stereocenters. The topological polar surface area (TPSA) is 71.5 Å². The van der Waals surface area contributed by atoms with Crippen LogP contribution in [0.15, 0.2) is 36.5 Å². The van der Waals surface area contributed by atoms with Gasteiger partial charge in [-0.25, -0.2) is 0 Å². The van der Waals surface area contributed by atoms with Crippen molar-refractivity contribution < 1.29 is 24.1 Å². The van der Waals surface area contributed by atoms with E-state index in [0.717, 1.165) is 67.8 Å². The number of aromatic hydroxyl groups is 1. The number of phenolic OH excluding ortho intramolecular Hbond substituents is 1. The van der Waals surface area contributed by atoms with E-state index in [-0.39, 0.29) is 11.5 Å². The van der Waals surface area contributed by atoms with Crippen molar-refractivity contribution in [3.63, 3.8) is 0 Å². The molecule has 0 aliphatic carbocycles. The van der Waals surface area contributed by atoms with Crippen LogP contribution in [-0.4, -0.2) is 80.8 Å². The van der Waals surface area contributed by atoms with Gasteiger partial charge in [0.1, 0.15) is 12.4 Å². The van der Waals surface area contributed by atoms with Gasteiger partial charge in [0.25, 0.3) is 0 Å². The van der Waals surface area contributed by atoms with Crippen molar-refractivity contribution in [1.82, 2.24) is 9.80 Å². The third-order valence-corrected chi connectivity index (χ3v) is 7.28. The highest BCUT2D eigenvalue weighted by atomic mass is 16.5. The number of benzene rings is 2. The largest absolute Gasteiger partial charge is 0.507 e. The summed E-state index contributed by atoms with van der Waals surface area (Å²) in [5, 5.41) is 11.1. The summed E-state index contributed by atoms with van der Waals surface area (Å²) < 4.78 is 16.9. The average molecular weight is 555 g/mol. The first-order valence-corrected chi connectivity index (χ1v) is 14.6. The normalized spacial score (nSPS) is 11.1. The molecule has 2 rings (SSSR count). The number of ether oxygens (including phenoxy) is 3. The van der Waals surface area contributed by atoms with Crippen LogP contribution in [0.4, 0.5) is 0 Å². The first-order chi connectivity index (χ1) is 19.3. The number of rotatable bonds is 19. The molecule has 40 heavy (non-hydrogen) atoms. The van der Waals surface area contributed by atoms with Crippen LogP contribution in [0.1, 0.15) is 73.1 Å². The summed E-state index contributed by atoms with van der Waals surface area (Å²) in [6.45, 7) is 20.3. The fourth-order valence-corrected chi connectivity index (χ4v) is 5.23. The molecule has 7 nitrogen and oxygen atoms in total. The van der Waals surface area contributed by atoms with Crippen molar-refractivity contribution in [1.29, 1.82) is 0 Å². The quantitative estimate of drug-likeness (QED) is 0.213. The number of ketones is 1. The third kappa shape index (κ3) is 8.73. The molecule has 1 N–H and O–H groups in total. The van der Waals surface area contributed by atoms with Crippen LogP contribution < -0.4 is 9.47 Å². The minimum Gasteiger partial charge on any atom is -0.507 e. The zero-order valence-corrected chi connectivity index (χ0v) is 25.8. The maximum absolute atomic E-state index is 14.0. The van der Waals surface area contributed by atoms with E-state index in [2.05, 4.69) is 44.1 Å². The SMILES string of the molecule is C=C(Cc1c(CC)c(C)cc(O)c1C(=O)c1ccc(OCCN(CCC)CCC)c(OC)c1)N(CC)CCOC. The summed E-state index contributed by atoms with van der Waals surface area (Å²) in [7, 11) is 3.25. The van der Waals surface area contributed by atoms with Gasteiger partial charge in [-0.1, -0.05) is 27.4 Å². The molecular weight excluding hydrogens is 504 g/mol. The lowest BCUT2D eigenvalue weighted by molar-refractivity contribution is 0.103. The molecule has 0 aliphatic rings. The molecule has 7 heteroatoms. The molecule has 0 aromatic heterocycles. The van der Waals surface area contributed by atoms with Gasteiger partial charge in [-0.15, -0.1) is 0 Å². The van der Waals surface area contributed by atoms with E-state index >= 15 is 0 Å². The highest BCUT2D eigenvalue weighted by Gasteiger charge is 2.24. The fourth-order valence-electron chi connectivity index (χ4n) is 5.23. The Morgan fingerprint density at radius 2 is 1.62 bits per heavy atom. The van der Waals surface area contributed by atoms with Gasteiger partial charge in [0.05, 0.1) is 19.3 Å². The Morgan fingerprint density at radius 3 is 2.20 bits per heavy atom. The maximum atomic E-state index is 14.0. The highest BCUT2D eigenvalue weighted by molar-refractivity contribution is 6.12. The van der Waals surface area contributed by atoms with Crippen molar-refractivity contribution in [3.05, 3.63) is 64.4 Å². The molecular formula is C33H50N2O5. The predicted molar refractivity (Wildman–Crippen MR) is 163 cm³/mol. The molecule has 0 amide bonds. The van der Waals surface area contributed by atoms with Crippen LogP contribution in [0.25, 0.3) is 0 Å². The van der Waals surface area contributed by atoms with Crippen LogP contribution >= 0.6 is 0 Å². The van der Waals surface area contributed by atoms with Gasteiger partial charge in [-0.05, 0) is 87.2 Å². The lowest BCUT2D eigenvalue weighted by Gasteiger charge is -2.27. The lowest BCUT2D eigenvalue weighted by atomic mass is 9.87. The van der Waals surface area contributed by atoms with E-state index in [1.54, 1.807) is 38.5 Å². The Balaban J connectivity index is 2.39. The van der Waals surface area contributed by atoms with E-state index in [0.29, 0.717) is 48.8 Å². The second-order valence-electron chi connectivity index (χ2n) is 10.1. The van der Waals surface area contributed by atoms with Crippen molar-refractivity contribution in [3.8, 4) is 17.2 Å². The summed E-state index contributed by atoms with van der Waals surface area (Å²) in [5.74, 6) is 0.818. The number of hydrogen-bond donors (Lipinski definition) is 1. The lowest BCUT2D eigenvalue weighted by Crippen LogP contribution is -2.30. The Kier molecular flexibility index (Phi) is 14.0. The Hall–Kier alpha value is -3.03. The minimum atomic E-state index is -0.253. The summed E-state index contributed by atoms with van der Waals surface area (Å²) >= 11 is 0. The van der Waals surface area contributed by atoms with E-state index in [1.165, 1.54) is 0 Å². The Morgan fingerprint density at radius 1 is 0.925 bits per heavy atom. The molecule has 0 heterocycles. The van der Waals surface area contributed by atoms with Gasteiger partial charge in [0.15, 0.2) is 17.3 Å². The van der Waals surface area contributed by atoms with Crippen LogP contribution in [0.3, 0.4) is 0 Å². The van der Waals surface area contributed by atoms with Gasteiger partial charge < -0.3 is 24.2 Å². The zero-order chi connectivity index (χ0) is 29.7. The van der Waals surface area contributed by atoms with Crippen molar-refractivity contribution >= 4 is 5.78 Å². The first kappa shape index (κ1) is 33.2. The Labute approximate surface area is 241 Å². The molecule has 0 spiro atoms. The van der Waals surface area contributed by atoms with Crippen LogP contribution in [0.5, 0.6) is 17.2 Å². The van der Waals surface area contributed by atoms with Crippen molar-refractivity contribution in [2.75, 3.05) is 60.2 Å². The fraction of sp³-hybridized carbons (Fsp3) is 0.545. The summed E-state index contributed by atoms with van der Waals surface area (Å²) in [4.78, 5) is 18.5. The maximum Gasteiger partial charge on any atom is 0.197 e. The predicted octanol–water partition coefficient (Wildman–Crippen LogP) is 6.03. The van der Waals surface area contributed by atoms with Crippen LogP contribution in [0, 0.1) is 6.92 Å². The van der Waals surface area contributed by atoms with Gasteiger partial charge in [-0.2, -0.15) is 0 Å². The van der Waals surface area contributed by atoms with Gasteiger partial charge in [-0.3, -0.25) is 9.69 Å². The second kappa shape index (κ2) is 16.9. The third-order valence-electron chi connectivity index (χ3n) is 7.28. The molecule has 0 aliphatic heterocycles. The molecule has 222 valence electrons. The average Bonchev–Trinajstić information content (AvgIpc) is 2.93. The van der Waals surface area contributed by atoms with Gasteiger partial charge in [0, 0.05) is 44.4 Å². The molecule has 0 saturated heterocycles. The number of likely N-dealkylation sites (N-methyl/N-ethyl adjacent to an activating group) is 1. The van der Waals surface area contributed by atoms with Gasteiger partial charge >= 0.3 is 0 Å². The number of carbonyl (C=O) groups is 1. The number of methoxy groups -OCH3 is 2. The van der Waals surface area contributed by atoms with Crippen LogP contribution in [-0.2, 0) is 17.6 Å². The summed E-state index contributed by atoms with van der Waals surface area (Å²) in [6.07, 6.45) is 3.40. The summed E-state index contributed by atoms with van der Waals surface area (Å²) in [5.41, 5.74) is 4.47. The molecule has 0 radical (unpaired) electrons. The molecule has 2 aromatic rings. The Bertz CT molecular complexity index is 1110. The number of phenols is 1. The number of nitrogens with zero attached hydrogens (tertiary/aromatic N) is 2. The molecule has 2 aromatic carbocycles. The molecule has 0 bridgehead atoms. The highest BCUT2D eigenvalue weighted by Crippen LogP contribution is 2.35. The van der Waals surface area contributed by atoms with E-state index in [1.807, 2.05) is 6.92 Å². The second-order valence-corrected chi connectivity index (χ2v) is 10.1. The van der Waals surface area contributed by atoms with Gasteiger partial charge in [0.2, 0.25) is 0 Å². The standard InChI is InChI=1S/C33H50N2O5/c1-9-15-34(16-10-2)17-20-40-30-14-13-26(23-31(30)39-8)33(37)32-28(27(11-3)24(5)21-29(32)36)22-25(6)35(12-4)18-19-38-7/h13-14,21,23,36H,6,9-12,15-20,22H2,1-5,7-8H3. The minimum absolute atomic E-state index is 0.0197. The zero-order valence-electron chi connectivity index (χ0n) is 25.8. The number of carbonyl (C=O) groups excluding carboxylic acids is 1. The van der Waals surface area contributed by atoms with Crippen molar-refractivity contribution in [2.24, 2.45) is 0 Å². The summed E-state index contributed by atoms with van der Waals surface area (Å²) in [6, 6.07) is 6.92. The first-order valence-electron chi connectivity index (χ1n) is 14.6. The monoisotopic (exact) mass is 554 g/mol. The van der Waals surface area contributed by atoms with E-state index in [4.69, 9.17) is 14.2 Å². The van der Waals surface area contributed by atoms with Crippen LogP contribution in [0.2, 0.25) is 0 Å². The molecule has 0 unspecified atom stereocenters. The van der Waals surface area contributed by atoms with E-state index in [9.17, 15) is 9.90 Å². The number of aryl methyl sites for hydroxylation is 1. The smallest absolute Gasteiger partial charge is 0.197 e. The number of allylic oxidation sites excluding steroid dienone is 1. The number of hydrogen-bond acceptors (Lipinski definition) is 7.